The van der Waals surface area contributed by atoms with E-state index in [4.69, 9.17) is 0 Å². The summed E-state index contributed by atoms with van der Waals surface area (Å²) in [5.41, 5.74) is -0.557. The summed E-state index contributed by atoms with van der Waals surface area (Å²) >= 11 is 0. The maximum Gasteiger partial charge on any atom is 0.416 e. The number of benzene rings is 1. The van der Waals surface area contributed by atoms with Gasteiger partial charge >= 0.3 is 6.18 Å². The maximum absolute atomic E-state index is 13.4. The SMILES string of the molecule is CC(c1cc(F)cc(C(F)(F)F)c1)N1CCNCC1. The third-order valence-corrected chi connectivity index (χ3v) is 3.43. The van der Waals surface area contributed by atoms with Crippen LogP contribution in [0.1, 0.15) is 24.1 Å². The Hall–Kier alpha value is -1.14. The fourth-order valence-electron chi connectivity index (χ4n) is 2.30. The van der Waals surface area contributed by atoms with E-state index in [2.05, 4.69) is 5.32 Å². The molecular weight excluding hydrogens is 260 g/mol. The van der Waals surface area contributed by atoms with Gasteiger partial charge in [-0.15, -0.1) is 0 Å². The molecule has 1 N–H and O–H groups in total. The lowest BCUT2D eigenvalue weighted by molar-refractivity contribution is -0.137. The van der Waals surface area contributed by atoms with Crippen molar-refractivity contribution in [2.45, 2.75) is 19.1 Å². The van der Waals surface area contributed by atoms with Crippen LogP contribution >= 0.6 is 0 Å². The maximum atomic E-state index is 13.4. The molecule has 1 heterocycles. The molecule has 6 heteroatoms. The summed E-state index contributed by atoms with van der Waals surface area (Å²) in [5, 5.41) is 3.17. The molecule has 1 unspecified atom stereocenters. The molecule has 0 amide bonds. The van der Waals surface area contributed by atoms with Gasteiger partial charge in [0.2, 0.25) is 0 Å². The van der Waals surface area contributed by atoms with E-state index in [0.717, 1.165) is 32.2 Å². The second-order valence-electron chi connectivity index (χ2n) is 4.73. The van der Waals surface area contributed by atoms with Crippen molar-refractivity contribution in [1.82, 2.24) is 10.2 Å². The van der Waals surface area contributed by atoms with Crippen LogP contribution in [0.2, 0.25) is 0 Å². The van der Waals surface area contributed by atoms with E-state index < -0.39 is 17.6 Å². The van der Waals surface area contributed by atoms with Gasteiger partial charge < -0.3 is 5.32 Å². The largest absolute Gasteiger partial charge is 0.416 e. The van der Waals surface area contributed by atoms with Crippen molar-refractivity contribution in [2.75, 3.05) is 26.2 Å². The normalized spacial score (nSPS) is 19.4. The number of hydrogen-bond donors (Lipinski definition) is 1. The zero-order valence-electron chi connectivity index (χ0n) is 10.6. The minimum atomic E-state index is -4.51. The van der Waals surface area contributed by atoms with E-state index >= 15 is 0 Å². The predicted molar refractivity (Wildman–Crippen MR) is 64.3 cm³/mol. The minimum Gasteiger partial charge on any atom is -0.314 e. The van der Waals surface area contributed by atoms with Crippen molar-refractivity contribution < 1.29 is 17.6 Å². The van der Waals surface area contributed by atoms with Gasteiger partial charge in [0.15, 0.2) is 0 Å². The molecule has 0 aliphatic carbocycles. The van der Waals surface area contributed by atoms with Gasteiger partial charge in [0.25, 0.3) is 0 Å². The molecule has 106 valence electrons. The second-order valence-corrected chi connectivity index (χ2v) is 4.73. The monoisotopic (exact) mass is 276 g/mol. The number of nitrogens with one attached hydrogen (secondary N) is 1. The molecule has 0 bridgehead atoms. The lowest BCUT2D eigenvalue weighted by Crippen LogP contribution is -2.44. The van der Waals surface area contributed by atoms with Crippen molar-refractivity contribution in [2.24, 2.45) is 0 Å². The van der Waals surface area contributed by atoms with Gasteiger partial charge in [-0.25, -0.2) is 4.39 Å². The summed E-state index contributed by atoms with van der Waals surface area (Å²) in [6.07, 6.45) is -4.51. The molecule has 0 radical (unpaired) electrons. The van der Waals surface area contributed by atoms with E-state index in [1.165, 1.54) is 6.07 Å². The molecule has 1 atom stereocenters. The van der Waals surface area contributed by atoms with Crippen LogP contribution in [-0.4, -0.2) is 31.1 Å². The zero-order valence-corrected chi connectivity index (χ0v) is 10.6. The van der Waals surface area contributed by atoms with Crippen LogP contribution < -0.4 is 5.32 Å². The van der Waals surface area contributed by atoms with E-state index in [-0.39, 0.29) is 6.04 Å². The first kappa shape index (κ1) is 14.3. The minimum absolute atomic E-state index is 0.223. The lowest BCUT2D eigenvalue weighted by atomic mass is 10.0. The molecule has 0 spiro atoms. The van der Waals surface area contributed by atoms with Crippen molar-refractivity contribution in [3.05, 3.63) is 35.1 Å². The third kappa shape index (κ3) is 3.45. The van der Waals surface area contributed by atoms with E-state index in [9.17, 15) is 17.6 Å². The zero-order chi connectivity index (χ0) is 14.0. The van der Waals surface area contributed by atoms with Crippen molar-refractivity contribution in [1.29, 1.82) is 0 Å². The van der Waals surface area contributed by atoms with Gasteiger partial charge in [-0.2, -0.15) is 13.2 Å². The molecule has 1 aliphatic rings. The Morgan fingerprint density at radius 1 is 1.16 bits per heavy atom. The third-order valence-electron chi connectivity index (χ3n) is 3.43. The molecule has 0 aromatic heterocycles. The molecule has 2 rings (SSSR count). The number of piperazine rings is 1. The van der Waals surface area contributed by atoms with Crippen LogP contribution in [0.15, 0.2) is 18.2 Å². The Labute approximate surface area is 109 Å². The molecule has 2 nitrogen and oxygen atoms in total. The summed E-state index contributed by atoms with van der Waals surface area (Å²) in [4.78, 5) is 2.05. The van der Waals surface area contributed by atoms with E-state index in [1.54, 1.807) is 6.92 Å². The number of nitrogens with zero attached hydrogens (tertiary/aromatic N) is 1. The van der Waals surface area contributed by atoms with Crippen LogP contribution in [0, 0.1) is 5.82 Å². The highest BCUT2D eigenvalue weighted by atomic mass is 19.4. The van der Waals surface area contributed by atoms with Gasteiger partial charge in [-0.3, -0.25) is 4.90 Å². The Morgan fingerprint density at radius 3 is 2.37 bits per heavy atom. The van der Waals surface area contributed by atoms with Gasteiger partial charge in [-0.05, 0) is 30.7 Å². The average Bonchev–Trinajstić information content (AvgIpc) is 2.37. The molecule has 1 saturated heterocycles. The smallest absolute Gasteiger partial charge is 0.314 e. The van der Waals surface area contributed by atoms with Crippen LogP contribution in [0.4, 0.5) is 17.6 Å². The Balaban J connectivity index is 2.26. The van der Waals surface area contributed by atoms with Crippen molar-refractivity contribution in [3.8, 4) is 0 Å². The summed E-state index contributed by atoms with van der Waals surface area (Å²) in [6.45, 7) is 4.90. The van der Waals surface area contributed by atoms with Crippen molar-refractivity contribution in [3.63, 3.8) is 0 Å². The van der Waals surface area contributed by atoms with E-state index in [0.29, 0.717) is 11.6 Å². The fourth-order valence-corrected chi connectivity index (χ4v) is 2.30. The van der Waals surface area contributed by atoms with Gasteiger partial charge in [0.1, 0.15) is 5.82 Å². The number of alkyl halides is 3. The van der Waals surface area contributed by atoms with Crippen LogP contribution in [0.5, 0.6) is 0 Å². The molecule has 0 saturated carbocycles. The van der Waals surface area contributed by atoms with E-state index in [1.807, 2.05) is 4.90 Å². The van der Waals surface area contributed by atoms with Gasteiger partial charge in [0.05, 0.1) is 5.56 Å². The summed E-state index contributed by atoms with van der Waals surface area (Å²) < 4.78 is 51.3. The molecule has 1 aliphatic heterocycles. The fraction of sp³-hybridized carbons (Fsp3) is 0.538. The highest BCUT2D eigenvalue weighted by Crippen LogP contribution is 2.32. The molecule has 19 heavy (non-hydrogen) atoms. The Kier molecular flexibility index (Phi) is 4.10. The van der Waals surface area contributed by atoms with Crippen LogP contribution in [0.3, 0.4) is 0 Å². The van der Waals surface area contributed by atoms with Crippen LogP contribution in [0.25, 0.3) is 0 Å². The first-order chi connectivity index (χ1) is 8.88. The highest BCUT2D eigenvalue weighted by Gasteiger charge is 2.32. The highest BCUT2D eigenvalue weighted by molar-refractivity contribution is 5.29. The lowest BCUT2D eigenvalue weighted by Gasteiger charge is -2.33. The molecular formula is C13H16F4N2. The van der Waals surface area contributed by atoms with Gasteiger partial charge in [0, 0.05) is 32.2 Å². The second kappa shape index (κ2) is 5.46. The number of rotatable bonds is 2. The summed E-state index contributed by atoms with van der Waals surface area (Å²) in [6, 6.07) is 2.53. The quantitative estimate of drug-likeness (QED) is 0.836. The summed E-state index contributed by atoms with van der Waals surface area (Å²) in [5.74, 6) is -0.841. The van der Waals surface area contributed by atoms with Gasteiger partial charge in [-0.1, -0.05) is 0 Å². The van der Waals surface area contributed by atoms with Crippen molar-refractivity contribution >= 4 is 0 Å². The van der Waals surface area contributed by atoms with Crippen LogP contribution in [-0.2, 0) is 6.18 Å². The number of halogens is 4. The first-order valence-electron chi connectivity index (χ1n) is 6.20. The Bertz CT molecular complexity index is 439. The number of hydrogen-bond acceptors (Lipinski definition) is 2. The molecule has 1 fully saturated rings. The topological polar surface area (TPSA) is 15.3 Å². The predicted octanol–water partition coefficient (Wildman–Crippen LogP) is 2.81. The first-order valence-corrected chi connectivity index (χ1v) is 6.20. The molecule has 1 aromatic carbocycles. The molecule has 1 aromatic rings. The Morgan fingerprint density at radius 2 is 1.79 bits per heavy atom. The average molecular weight is 276 g/mol. The standard InChI is InChI=1S/C13H16F4N2/c1-9(19-4-2-18-3-5-19)10-6-11(13(15,16)17)8-12(14)7-10/h6-9,18H,2-5H2,1H3. The summed E-state index contributed by atoms with van der Waals surface area (Å²) in [7, 11) is 0.